The van der Waals surface area contributed by atoms with E-state index in [4.69, 9.17) is 0 Å². The van der Waals surface area contributed by atoms with Gasteiger partial charge in [-0.1, -0.05) is 42.5 Å². The Bertz CT molecular complexity index is 1740. The second kappa shape index (κ2) is 9.55. The van der Waals surface area contributed by atoms with Gasteiger partial charge in [0.15, 0.2) is 0 Å². The molecule has 3 aromatic carbocycles. The van der Waals surface area contributed by atoms with Gasteiger partial charge in [0.2, 0.25) is 5.91 Å². The standard InChI is InChI=1S/C32H30N6O/c1-21(39)37-13-15-38(16-14-37)26-6-4-5-23(17-26)24-9-12-28-27(18-24)30-29(19-34-28)35-36-31(30)22-7-10-25(11-8-22)32(2,3)20-33/h4-12,17-19H,13-16H2,1-3H3,(H,35,36). The van der Waals surface area contributed by atoms with E-state index in [1.54, 1.807) is 6.92 Å². The van der Waals surface area contributed by atoms with Crippen LogP contribution in [0.15, 0.2) is 72.9 Å². The molecule has 3 heterocycles. The van der Waals surface area contributed by atoms with Crippen molar-refractivity contribution >= 4 is 33.4 Å². The zero-order valence-electron chi connectivity index (χ0n) is 22.4. The van der Waals surface area contributed by atoms with Crippen molar-refractivity contribution in [1.82, 2.24) is 20.1 Å². The lowest BCUT2D eigenvalue weighted by Gasteiger charge is -2.35. The summed E-state index contributed by atoms with van der Waals surface area (Å²) in [6.07, 6.45) is 1.84. The first-order valence-corrected chi connectivity index (χ1v) is 13.2. The molecule has 39 heavy (non-hydrogen) atoms. The number of nitrogens with zero attached hydrogens (tertiary/aromatic N) is 5. The molecule has 0 bridgehead atoms. The fraction of sp³-hybridized carbons (Fsp3) is 0.250. The highest BCUT2D eigenvalue weighted by molar-refractivity contribution is 6.11. The molecule has 1 saturated heterocycles. The van der Waals surface area contributed by atoms with Gasteiger partial charge in [-0.15, -0.1) is 0 Å². The molecule has 0 atom stereocenters. The van der Waals surface area contributed by atoms with Gasteiger partial charge in [0, 0.05) is 55.1 Å². The van der Waals surface area contributed by atoms with Crippen molar-refractivity contribution in [3.05, 3.63) is 78.5 Å². The molecule has 6 rings (SSSR count). The molecule has 0 radical (unpaired) electrons. The number of nitriles is 1. The molecular formula is C32H30N6O. The van der Waals surface area contributed by atoms with Crippen molar-refractivity contribution in [2.24, 2.45) is 0 Å². The molecular weight excluding hydrogens is 484 g/mol. The average Bonchev–Trinajstić information content (AvgIpc) is 3.42. The lowest BCUT2D eigenvalue weighted by molar-refractivity contribution is -0.129. The number of carbonyl (C=O) groups is 1. The third-order valence-electron chi connectivity index (χ3n) is 7.82. The quantitative estimate of drug-likeness (QED) is 0.322. The predicted octanol–water partition coefficient (Wildman–Crippen LogP) is 5.91. The molecule has 1 fully saturated rings. The molecule has 0 saturated carbocycles. The van der Waals surface area contributed by atoms with Crippen LogP contribution in [0.2, 0.25) is 0 Å². The summed E-state index contributed by atoms with van der Waals surface area (Å²) in [7, 11) is 0. The predicted molar refractivity (Wildman–Crippen MR) is 155 cm³/mol. The zero-order chi connectivity index (χ0) is 27.1. The molecule has 7 nitrogen and oxygen atoms in total. The van der Waals surface area contributed by atoms with E-state index in [1.807, 2.05) is 49.2 Å². The molecule has 1 aliphatic heterocycles. The SMILES string of the molecule is CC(=O)N1CCN(c2cccc(-c3ccc4ncc5[nH]nc(-c6ccc(C(C)(C)C#N)cc6)c5c4c3)c2)CC1. The Morgan fingerprint density at radius 2 is 1.67 bits per heavy atom. The maximum Gasteiger partial charge on any atom is 0.219 e. The molecule has 1 N–H and O–H groups in total. The number of benzene rings is 3. The number of carbonyl (C=O) groups excluding carboxylic acids is 1. The number of amides is 1. The lowest BCUT2D eigenvalue weighted by Crippen LogP contribution is -2.48. The van der Waals surface area contributed by atoms with Crippen LogP contribution in [-0.4, -0.2) is 52.2 Å². The van der Waals surface area contributed by atoms with Crippen molar-refractivity contribution in [1.29, 1.82) is 5.26 Å². The van der Waals surface area contributed by atoms with E-state index in [0.717, 1.165) is 81.6 Å². The summed E-state index contributed by atoms with van der Waals surface area (Å²) < 4.78 is 0. The fourth-order valence-electron chi connectivity index (χ4n) is 5.36. The number of nitrogens with one attached hydrogen (secondary N) is 1. The minimum atomic E-state index is -0.548. The number of piperazine rings is 1. The Hall–Kier alpha value is -4.70. The van der Waals surface area contributed by atoms with Gasteiger partial charge in [-0.2, -0.15) is 10.4 Å². The van der Waals surface area contributed by atoms with Gasteiger partial charge in [-0.25, -0.2) is 0 Å². The number of rotatable bonds is 4. The third kappa shape index (κ3) is 4.48. The minimum Gasteiger partial charge on any atom is -0.368 e. The number of anilines is 1. The van der Waals surface area contributed by atoms with E-state index in [2.05, 4.69) is 68.6 Å². The molecule has 7 heteroatoms. The van der Waals surface area contributed by atoms with Crippen molar-refractivity contribution < 1.29 is 4.79 Å². The highest BCUT2D eigenvalue weighted by Gasteiger charge is 2.21. The summed E-state index contributed by atoms with van der Waals surface area (Å²) in [6.45, 7) is 8.64. The molecule has 0 spiro atoms. The van der Waals surface area contributed by atoms with Crippen LogP contribution in [-0.2, 0) is 10.2 Å². The number of pyridine rings is 1. The van der Waals surface area contributed by atoms with Crippen molar-refractivity contribution in [2.45, 2.75) is 26.2 Å². The van der Waals surface area contributed by atoms with Crippen LogP contribution in [0.3, 0.4) is 0 Å². The summed E-state index contributed by atoms with van der Waals surface area (Å²) in [6, 6.07) is 25.4. The molecule has 5 aromatic rings. The summed E-state index contributed by atoms with van der Waals surface area (Å²) in [5.74, 6) is 0.139. The van der Waals surface area contributed by atoms with Gasteiger partial charge in [-0.3, -0.25) is 14.9 Å². The van der Waals surface area contributed by atoms with Gasteiger partial charge in [0.1, 0.15) is 5.69 Å². The highest BCUT2D eigenvalue weighted by Crippen LogP contribution is 2.35. The molecule has 2 aromatic heterocycles. The van der Waals surface area contributed by atoms with E-state index in [-0.39, 0.29) is 5.91 Å². The normalized spacial score (nSPS) is 14.1. The number of hydrogen-bond donors (Lipinski definition) is 1. The number of H-pyrrole nitrogens is 1. The highest BCUT2D eigenvalue weighted by atomic mass is 16.2. The molecule has 194 valence electrons. The maximum absolute atomic E-state index is 11.7. The molecule has 0 aliphatic carbocycles. The smallest absolute Gasteiger partial charge is 0.219 e. The Labute approximate surface area is 227 Å². The number of fused-ring (bicyclic) bond motifs is 3. The van der Waals surface area contributed by atoms with E-state index in [1.165, 1.54) is 0 Å². The van der Waals surface area contributed by atoms with Crippen molar-refractivity contribution in [3.8, 4) is 28.5 Å². The minimum absolute atomic E-state index is 0.139. The maximum atomic E-state index is 11.7. The second-order valence-corrected chi connectivity index (χ2v) is 10.7. The van der Waals surface area contributed by atoms with Crippen molar-refractivity contribution in [3.63, 3.8) is 0 Å². The molecule has 0 unspecified atom stereocenters. The first-order chi connectivity index (χ1) is 18.8. The Morgan fingerprint density at radius 1 is 0.949 bits per heavy atom. The average molecular weight is 515 g/mol. The Balaban J connectivity index is 1.38. The van der Waals surface area contributed by atoms with Crippen molar-refractivity contribution in [2.75, 3.05) is 31.1 Å². The summed E-state index contributed by atoms with van der Waals surface area (Å²) in [5.41, 5.74) is 7.49. The zero-order valence-corrected chi connectivity index (χ0v) is 22.4. The van der Waals surface area contributed by atoms with Gasteiger partial charge in [0.25, 0.3) is 0 Å². The fourth-order valence-corrected chi connectivity index (χ4v) is 5.36. The van der Waals surface area contributed by atoms with Crippen LogP contribution in [0.1, 0.15) is 26.3 Å². The van der Waals surface area contributed by atoms with E-state index < -0.39 is 5.41 Å². The lowest BCUT2D eigenvalue weighted by atomic mass is 9.86. The number of hydrogen-bond acceptors (Lipinski definition) is 5. The Kier molecular flexibility index (Phi) is 6.03. The number of aromatic amines is 1. The van der Waals surface area contributed by atoms with Gasteiger partial charge < -0.3 is 9.80 Å². The van der Waals surface area contributed by atoms with Gasteiger partial charge in [0.05, 0.1) is 28.7 Å². The summed E-state index contributed by atoms with van der Waals surface area (Å²) in [5, 5.41) is 19.4. The van der Waals surface area contributed by atoms with Crippen LogP contribution in [0.4, 0.5) is 5.69 Å². The van der Waals surface area contributed by atoms with Crippen LogP contribution in [0.5, 0.6) is 0 Å². The molecule has 1 amide bonds. The van der Waals surface area contributed by atoms with Crippen LogP contribution in [0, 0.1) is 11.3 Å². The second-order valence-electron chi connectivity index (χ2n) is 10.7. The van der Waals surface area contributed by atoms with Crippen LogP contribution < -0.4 is 4.90 Å². The topological polar surface area (TPSA) is 88.9 Å². The summed E-state index contributed by atoms with van der Waals surface area (Å²) >= 11 is 0. The first kappa shape index (κ1) is 24.6. The monoisotopic (exact) mass is 514 g/mol. The van der Waals surface area contributed by atoms with Crippen LogP contribution >= 0.6 is 0 Å². The number of aromatic nitrogens is 3. The largest absolute Gasteiger partial charge is 0.368 e. The first-order valence-electron chi connectivity index (χ1n) is 13.2. The van der Waals surface area contributed by atoms with E-state index >= 15 is 0 Å². The van der Waals surface area contributed by atoms with Gasteiger partial charge >= 0.3 is 0 Å². The Morgan fingerprint density at radius 3 is 2.38 bits per heavy atom. The third-order valence-corrected chi connectivity index (χ3v) is 7.82. The van der Waals surface area contributed by atoms with Gasteiger partial charge in [-0.05, 0) is 54.8 Å². The van der Waals surface area contributed by atoms with E-state index in [0.29, 0.717) is 0 Å². The van der Waals surface area contributed by atoms with E-state index in [9.17, 15) is 10.1 Å². The molecule has 1 aliphatic rings. The summed E-state index contributed by atoms with van der Waals surface area (Å²) in [4.78, 5) is 20.6. The van der Waals surface area contributed by atoms with Crippen LogP contribution in [0.25, 0.3) is 44.2 Å².